The number of nitrogens with one attached hydrogen (secondary N) is 3. The van der Waals surface area contributed by atoms with Gasteiger partial charge in [-0.3, -0.25) is 9.36 Å². The minimum Gasteiger partial charge on any atom is -0.408 e. The fourth-order valence-corrected chi connectivity index (χ4v) is 3.15. The zero-order valence-corrected chi connectivity index (χ0v) is 16.5. The van der Waals surface area contributed by atoms with Gasteiger partial charge in [0.2, 0.25) is 5.91 Å². The maximum Gasteiger partial charge on any atom is 0.419 e. The standard InChI is InChI=1S/C23H20N4O4/c28-21(13-14-27-19-11-4-5-12-20(19)31-23(27)30)24-17-9-6-10-18(15-17)26-22(29)25-16-7-2-1-3-8-16/h1-12,15H,13-14H2,(H,24,28)(H2,25,26,29). The van der Waals surface area contributed by atoms with Crippen LogP contribution in [-0.2, 0) is 11.3 Å². The molecule has 4 rings (SSSR count). The van der Waals surface area contributed by atoms with Gasteiger partial charge in [-0.15, -0.1) is 0 Å². The molecule has 0 aliphatic heterocycles. The van der Waals surface area contributed by atoms with Crippen molar-refractivity contribution in [2.75, 3.05) is 16.0 Å². The Morgan fingerprint density at radius 3 is 2.23 bits per heavy atom. The molecule has 0 fully saturated rings. The molecule has 3 amide bonds. The van der Waals surface area contributed by atoms with Crippen LogP contribution in [0.25, 0.3) is 11.1 Å². The van der Waals surface area contributed by atoms with Crippen molar-refractivity contribution in [1.29, 1.82) is 0 Å². The van der Waals surface area contributed by atoms with Gasteiger partial charge < -0.3 is 20.4 Å². The second kappa shape index (κ2) is 9.00. The number of aromatic nitrogens is 1. The number of aryl methyl sites for hydroxylation is 1. The van der Waals surface area contributed by atoms with Crippen LogP contribution in [0.3, 0.4) is 0 Å². The highest BCUT2D eigenvalue weighted by Crippen LogP contribution is 2.17. The number of amides is 3. The Labute approximate surface area is 177 Å². The predicted molar refractivity (Wildman–Crippen MR) is 119 cm³/mol. The van der Waals surface area contributed by atoms with Crippen LogP contribution >= 0.6 is 0 Å². The summed E-state index contributed by atoms with van der Waals surface area (Å²) in [5.41, 5.74) is 2.87. The molecule has 0 aliphatic carbocycles. The molecule has 0 atom stereocenters. The molecule has 0 radical (unpaired) electrons. The van der Waals surface area contributed by atoms with Gasteiger partial charge in [0, 0.05) is 30.0 Å². The quantitative estimate of drug-likeness (QED) is 0.436. The summed E-state index contributed by atoms with van der Waals surface area (Å²) in [4.78, 5) is 36.5. The van der Waals surface area contributed by atoms with Crippen molar-refractivity contribution in [3.63, 3.8) is 0 Å². The first-order valence-electron chi connectivity index (χ1n) is 9.70. The van der Waals surface area contributed by atoms with Crippen molar-refractivity contribution in [2.24, 2.45) is 0 Å². The van der Waals surface area contributed by atoms with Gasteiger partial charge in [0.25, 0.3) is 0 Å². The maximum atomic E-state index is 12.4. The molecular weight excluding hydrogens is 396 g/mol. The van der Waals surface area contributed by atoms with Gasteiger partial charge >= 0.3 is 11.8 Å². The summed E-state index contributed by atoms with van der Waals surface area (Å²) in [5.74, 6) is -0.757. The van der Waals surface area contributed by atoms with Crippen LogP contribution in [0.2, 0.25) is 0 Å². The molecule has 3 N–H and O–H groups in total. The smallest absolute Gasteiger partial charge is 0.408 e. The van der Waals surface area contributed by atoms with Crippen LogP contribution in [0.4, 0.5) is 21.9 Å². The molecule has 156 valence electrons. The molecule has 1 heterocycles. The van der Waals surface area contributed by atoms with E-state index >= 15 is 0 Å². The van der Waals surface area contributed by atoms with Crippen molar-refractivity contribution in [3.05, 3.63) is 89.4 Å². The molecule has 0 spiro atoms. The van der Waals surface area contributed by atoms with E-state index in [1.807, 2.05) is 18.2 Å². The molecule has 0 aliphatic rings. The number of hydrogen-bond acceptors (Lipinski definition) is 4. The van der Waals surface area contributed by atoms with E-state index in [-0.39, 0.29) is 24.9 Å². The molecule has 0 saturated carbocycles. The topological polar surface area (TPSA) is 105 Å². The lowest BCUT2D eigenvalue weighted by Gasteiger charge is -2.10. The van der Waals surface area contributed by atoms with Crippen molar-refractivity contribution < 1.29 is 14.0 Å². The average molecular weight is 416 g/mol. The van der Waals surface area contributed by atoms with Crippen molar-refractivity contribution in [1.82, 2.24) is 4.57 Å². The molecule has 8 nitrogen and oxygen atoms in total. The molecule has 31 heavy (non-hydrogen) atoms. The van der Waals surface area contributed by atoms with Gasteiger partial charge in [-0.1, -0.05) is 36.4 Å². The summed E-state index contributed by atoms with van der Waals surface area (Å²) in [6.07, 6.45) is 0.0928. The normalized spacial score (nSPS) is 10.6. The lowest BCUT2D eigenvalue weighted by Crippen LogP contribution is -2.20. The highest BCUT2D eigenvalue weighted by Gasteiger charge is 2.11. The molecule has 4 aromatic rings. The Morgan fingerprint density at radius 1 is 0.774 bits per heavy atom. The summed E-state index contributed by atoms with van der Waals surface area (Å²) < 4.78 is 6.61. The highest BCUT2D eigenvalue weighted by atomic mass is 16.4. The Bertz CT molecular complexity index is 1280. The summed E-state index contributed by atoms with van der Waals surface area (Å²) in [7, 11) is 0. The van der Waals surface area contributed by atoms with Gasteiger partial charge in [0.05, 0.1) is 5.52 Å². The van der Waals surface area contributed by atoms with Crippen LogP contribution < -0.4 is 21.7 Å². The number of hydrogen-bond donors (Lipinski definition) is 3. The Balaban J connectivity index is 1.35. The van der Waals surface area contributed by atoms with E-state index in [4.69, 9.17) is 4.42 Å². The van der Waals surface area contributed by atoms with Gasteiger partial charge in [-0.25, -0.2) is 9.59 Å². The second-order valence-electron chi connectivity index (χ2n) is 6.81. The Morgan fingerprint density at radius 2 is 1.42 bits per heavy atom. The molecule has 3 aromatic carbocycles. The van der Waals surface area contributed by atoms with Crippen LogP contribution in [0.5, 0.6) is 0 Å². The maximum absolute atomic E-state index is 12.4. The fraction of sp³-hybridized carbons (Fsp3) is 0.0870. The minimum absolute atomic E-state index is 0.0928. The highest BCUT2D eigenvalue weighted by molar-refractivity contribution is 6.00. The zero-order chi connectivity index (χ0) is 21.6. The Hall–Kier alpha value is -4.33. The fourth-order valence-electron chi connectivity index (χ4n) is 3.15. The van der Waals surface area contributed by atoms with Gasteiger partial charge in [-0.05, 0) is 42.5 Å². The largest absolute Gasteiger partial charge is 0.419 e. The number of anilines is 3. The lowest BCUT2D eigenvalue weighted by atomic mass is 10.2. The Kier molecular flexibility index (Phi) is 5.79. The second-order valence-corrected chi connectivity index (χ2v) is 6.81. The zero-order valence-electron chi connectivity index (χ0n) is 16.5. The predicted octanol–water partition coefficient (Wildman–Crippen LogP) is 4.27. The van der Waals surface area contributed by atoms with Crippen LogP contribution in [0.15, 0.2) is 88.1 Å². The summed E-state index contributed by atoms with van der Waals surface area (Å²) in [5, 5.41) is 8.23. The van der Waals surface area contributed by atoms with Crippen LogP contribution in [-0.4, -0.2) is 16.5 Å². The number of nitrogens with zero attached hydrogens (tertiary/aromatic N) is 1. The molecule has 0 bridgehead atoms. The van der Waals surface area contributed by atoms with Crippen LogP contribution in [0.1, 0.15) is 6.42 Å². The summed E-state index contributed by atoms with van der Waals surface area (Å²) in [6, 6.07) is 22.6. The van der Waals surface area contributed by atoms with E-state index in [9.17, 15) is 14.4 Å². The summed E-state index contributed by atoms with van der Waals surface area (Å²) >= 11 is 0. The SMILES string of the molecule is O=C(CCn1c(=O)oc2ccccc21)Nc1cccc(NC(=O)Nc2ccccc2)c1. The molecular formula is C23H20N4O4. The number of urea groups is 1. The van der Waals surface area contributed by atoms with E-state index < -0.39 is 5.76 Å². The average Bonchev–Trinajstić information content (AvgIpc) is 3.08. The monoisotopic (exact) mass is 416 g/mol. The number of rotatable bonds is 6. The number of fused-ring (bicyclic) bond motifs is 1. The van der Waals surface area contributed by atoms with E-state index in [0.29, 0.717) is 28.2 Å². The molecule has 0 unspecified atom stereocenters. The third-order valence-corrected chi connectivity index (χ3v) is 4.57. The number of benzene rings is 3. The van der Waals surface area contributed by atoms with Gasteiger partial charge in [0.1, 0.15) is 0 Å². The van der Waals surface area contributed by atoms with E-state index in [0.717, 1.165) is 0 Å². The third-order valence-electron chi connectivity index (χ3n) is 4.57. The van der Waals surface area contributed by atoms with Gasteiger partial charge in [0.15, 0.2) is 5.58 Å². The number of carbonyl (C=O) groups is 2. The van der Waals surface area contributed by atoms with E-state index in [2.05, 4.69) is 16.0 Å². The van der Waals surface area contributed by atoms with E-state index in [1.54, 1.807) is 60.7 Å². The van der Waals surface area contributed by atoms with Crippen molar-refractivity contribution in [3.8, 4) is 0 Å². The summed E-state index contributed by atoms with van der Waals surface area (Å²) in [6.45, 7) is 0.194. The minimum atomic E-state index is -0.496. The number of oxazole rings is 1. The molecule has 1 aromatic heterocycles. The number of para-hydroxylation sites is 3. The van der Waals surface area contributed by atoms with Crippen molar-refractivity contribution in [2.45, 2.75) is 13.0 Å². The molecule has 0 saturated heterocycles. The first kappa shape index (κ1) is 20.0. The van der Waals surface area contributed by atoms with Crippen molar-refractivity contribution >= 4 is 40.1 Å². The first-order chi connectivity index (χ1) is 15.1. The molecule has 8 heteroatoms. The lowest BCUT2D eigenvalue weighted by molar-refractivity contribution is -0.116. The first-order valence-corrected chi connectivity index (χ1v) is 9.70. The van der Waals surface area contributed by atoms with E-state index in [1.165, 1.54) is 4.57 Å². The third kappa shape index (κ3) is 4.99. The van der Waals surface area contributed by atoms with Gasteiger partial charge in [-0.2, -0.15) is 0 Å². The van der Waals surface area contributed by atoms with Crippen LogP contribution in [0, 0.1) is 0 Å². The number of carbonyl (C=O) groups excluding carboxylic acids is 2.